The molecule has 0 fully saturated rings. The molecular weight excluding hydrogens is 568 g/mol. The van der Waals surface area contributed by atoms with Crippen LogP contribution in [0.15, 0.2) is 68.0 Å². The van der Waals surface area contributed by atoms with E-state index in [1.165, 1.54) is 11.3 Å². The second-order valence-electron chi connectivity index (χ2n) is 8.69. The van der Waals surface area contributed by atoms with E-state index in [0.717, 1.165) is 5.56 Å². The first-order chi connectivity index (χ1) is 18.2. The molecule has 38 heavy (non-hydrogen) atoms. The van der Waals surface area contributed by atoms with Gasteiger partial charge in [0.25, 0.3) is 5.56 Å². The summed E-state index contributed by atoms with van der Waals surface area (Å²) < 4.78 is 19.7. The molecule has 1 aliphatic heterocycles. The number of nitrogens with zero attached hydrogens (tertiary/aromatic N) is 2. The molecule has 2 aromatic carbocycles. The van der Waals surface area contributed by atoms with Crippen LogP contribution in [0.25, 0.3) is 6.08 Å². The highest BCUT2D eigenvalue weighted by molar-refractivity contribution is 9.10. The Morgan fingerprint density at radius 1 is 1.26 bits per heavy atom. The molecule has 1 aromatic heterocycles. The third-order valence-electron chi connectivity index (χ3n) is 5.66. The summed E-state index contributed by atoms with van der Waals surface area (Å²) in [5.41, 5.74) is 2.01. The fourth-order valence-corrected chi connectivity index (χ4v) is 5.71. The molecule has 9 heteroatoms. The zero-order valence-corrected chi connectivity index (χ0v) is 23.9. The van der Waals surface area contributed by atoms with Crippen molar-refractivity contribution in [3.8, 4) is 23.8 Å². The van der Waals surface area contributed by atoms with Crippen LogP contribution in [-0.4, -0.2) is 29.9 Å². The van der Waals surface area contributed by atoms with Gasteiger partial charge in [-0.25, -0.2) is 9.79 Å². The predicted octanol–water partition coefficient (Wildman–Crippen LogP) is 4.36. The Morgan fingerprint density at radius 3 is 2.71 bits per heavy atom. The molecule has 0 radical (unpaired) electrons. The van der Waals surface area contributed by atoms with E-state index in [4.69, 9.17) is 20.6 Å². The first kappa shape index (κ1) is 27.4. The van der Waals surface area contributed by atoms with Gasteiger partial charge in [0.05, 0.1) is 33.0 Å². The molecule has 0 aliphatic carbocycles. The third-order valence-corrected chi connectivity index (χ3v) is 7.26. The molecule has 0 saturated heterocycles. The predicted molar refractivity (Wildman–Crippen MR) is 151 cm³/mol. The maximum Gasteiger partial charge on any atom is 0.338 e. The highest BCUT2D eigenvalue weighted by Crippen LogP contribution is 2.36. The Hall–Kier alpha value is -3.61. The molecule has 1 atom stereocenters. The number of hydrogen-bond donors (Lipinski definition) is 0. The lowest BCUT2D eigenvalue weighted by Crippen LogP contribution is -2.40. The molecule has 0 amide bonds. The number of halogens is 1. The van der Waals surface area contributed by atoms with Crippen LogP contribution < -0.4 is 24.4 Å². The van der Waals surface area contributed by atoms with Gasteiger partial charge in [-0.1, -0.05) is 41.5 Å². The van der Waals surface area contributed by atoms with Gasteiger partial charge in [-0.15, -0.1) is 6.42 Å². The van der Waals surface area contributed by atoms with Gasteiger partial charge in [0, 0.05) is 5.56 Å². The summed E-state index contributed by atoms with van der Waals surface area (Å²) >= 11 is 4.75. The molecule has 0 bridgehead atoms. The summed E-state index contributed by atoms with van der Waals surface area (Å²) in [6.07, 6.45) is 6.97. The van der Waals surface area contributed by atoms with Gasteiger partial charge in [0.1, 0.15) is 24.1 Å². The molecule has 1 aliphatic rings. The number of rotatable bonds is 8. The average molecular weight is 596 g/mol. The van der Waals surface area contributed by atoms with E-state index in [0.29, 0.717) is 42.1 Å². The second kappa shape index (κ2) is 11.8. The van der Waals surface area contributed by atoms with E-state index in [1.54, 1.807) is 30.6 Å². The quantitative estimate of drug-likeness (QED) is 0.286. The normalized spacial score (nSPS) is 15.1. The van der Waals surface area contributed by atoms with E-state index in [-0.39, 0.29) is 24.9 Å². The molecule has 196 valence electrons. The zero-order chi connectivity index (χ0) is 27.4. The molecule has 3 aromatic rings. The standard InChI is InChI=1S/C29H27BrN2O5S/c1-6-14-36-23-13-12-19(15-21(23)30)16-24-27(33)32-26(20-10-8-9-11-22(20)37-17(3)4)25(28(34)35-7-2)18(5)31-29(32)38-24/h1,8-13,15-17,26H,7,14H2,2-5H3/b24-16+/t26-/m0/s1. The Balaban J connectivity index is 1.91. The molecule has 0 unspecified atom stereocenters. The first-order valence-corrected chi connectivity index (χ1v) is 13.7. The van der Waals surface area contributed by atoms with Crippen LogP contribution in [0.1, 0.15) is 44.9 Å². The molecule has 2 heterocycles. The van der Waals surface area contributed by atoms with Crippen molar-refractivity contribution in [1.29, 1.82) is 0 Å². The van der Waals surface area contributed by atoms with Crippen molar-refractivity contribution >= 4 is 39.3 Å². The number of thiazole rings is 1. The molecule has 0 N–H and O–H groups in total. The van der Waals surface area contributed by atoms with Crippen molar-refractivity contribution in [2.75, 3.05) is 13.2 Å². The number of benzene rings is 2. The van der Waals surface area contributed by atoms with Gasteiger partial charge >= 0.3 is 5.97 Å². The van der Waals surface area contributed by atoms with Crippen LogP contribution in [-0.2, 0) is 9.53 Å². The van der Waals surface area contributed by atoms with Crippen LogP contribution in [0.4, 0.5) is 0 Å². The lowest BCUT2D eigenvalue weighted by Gasteiger charge is -2.26. The number of allylic oxidation sites excluding steroid dienone is 1. The van der Waals surface area contributed by atoms with Gasteiger partial charge in [0.15, 0.2) is 4.80 Å². The summed E-state index contributed by atoms with van der Waals surface area (Å²) in [6, 6.07) is 12.1. The van der Waals surface area contributed by atoms with Crippen LogP contribution in [0.2, 0.25) is 0 Å². The minimum Gasteiger partial charge on any atom is -0.491 e. The Morgan fingerprint density at radius 2 is 2.03 bits per heavy atom. The van der Waals surface area contributed by atoms with Gasteiger partial charge in [-0.05, 0) is 73.5 Å². The second-order valence-corrected chi connectivity index (χ2v) is 10.6. The van der Waals surface area contributed by atoms with Crippen molar-refractivity contribution < 1.29 is 19.0 Å². The first-order valence-electron chi connectivity index (χ1n) is 12.1. The Bertz CT molecular complexity index is 1630. The fourth-order valence-electron chi connectivity index (χ4n) is 4.15. The van der Waals surface area contributed by atoms with E-state index in [2.05, 4.69) is 26.8 Å². The Labute approximate surface area is 233 Å². The summed E-state index contributed by atoms with van der Waals surface area (Å²) in [7, 11) is 0. The maximum atomic E-state index is 13.9. The smallest absolute Gasteiger partial charge is 0.338 e. The van der Waals surface area contributed by atoms with Crippen molar-refractivity contribution in [3.63, 3.8) is 0 Å². The number of hydrogen-bond acceptors (Lipinski definition) is 7. The topological polar surface area (TPSA) is 79.1 Å². The van der Waals surface area contributed by atoms with Crippen molar-refractivity contribution in [1.82, 2.24) is 4.57 Å². The summed E-state index contributed by atoms with van der Waals surface area (Å²) in [6.45, 7) is 7.71. The highest BCUT2D eigenvalue weighted by atomic mass is 79.9. The zero-order valence-electron chi connectivity index (χ0n) is 21.5. The number of fused-ring (bicyclic) bond motifs is 1. The molecule has 0 spiro atoms. The fraction of sp³-hybridized carbons (Fsp3) is 0.276. The van der Waals surface area contributed by atoms with Crippen molar-refractivity contribution in [3.05, 3.63) is 89.0 Å². The summed E-state index contributed by atoms with van der Waals surface area (Å²) in [4.78, 5) is 32.2. The van der Waals surface area contributed by atoms with E-state index in [1.807, 2.05) is 50.2 Å². The van der Waals surface area contributed by atoms with Crippen LogP contribution in [0.3, 0.4) is 0 Å². The third kappa shape index (κ3) is 5.62. The van der Waals surface area contributed by atoms with Crippen molar-refractivity contribution in [2.24, 2.45) is 4.99 Å². The molecule has 7 nitrogen and oxygen atoms in total. The Kier molecular flexibility index (Phi) is 8.55. The van der Waals surface area contributed by atoms with E-state index < -0.39 is 12.0 Å². The number of carbonyl (C=O) groups excluding carboxylic acids is 1. The van der Waals surface area contributed by atoms with Gasteiger partial charge in [-0.2, -0.15) is 0 Å². The number of aromatic nitrogens is 1. The largest absolute Gasteiger partial charge is 0.491 e. The maximum absolute atomic E-state index is 13.9. The number of esters is 1. The van der Waals surface area contributed by atoms with Crippen LogP contribution in [0.5, 0.6) is 11.5 Å². The number of terminal acetylenes is 1. The monoisotopic (exact) mass is 594 g/mol. The highest BCUT2D eigenvalue weighted by Gasteiger charge is 2.35. The SMILES string of the molecule is C#CCOc1ccc(/C=c2/sc3n(c2=O)[C@@H](c2ccccc2OC(C)C)C(C(=O)OCC)=C(C)N=3)cc1Br. The molecular formula is C29H27BrN2O5S. The van der Waals surface area contributed by atoms with Crippen molar-refractivity contribution in [2.45, 2.75) is 39.8 Å². The average Bonchev–Trinajstić information content (AvgIpc) is 3.17. The van der Waals surface area contributed by atoms with Gasteiger partial charge in [0.2, 0.25) is 0 Å². The summed E-state index contributed by atoms with van der Waals surface area (Å²) in [5.74, 6) is 3.12. The number of para-hydroxylation sites is 1. The lowest BCUT2D eigenvalue weighted by atomic mass is 9.95. The van der Waals surface area contributed by atoms with Crippen LogP contribution >= 0.6 is 27.3 Å². The minimum atomic E-state index is -0.756. The molecule has 0 saturated carbocycles. The van der Waals surface area contributed by atoms with Crippen LogP contribution in [0, 0.1) is 12.3 Å². The van der Waals surface area contributed by atoms with E-state index in [9.17, 15) is 9.59 Å². The minimum absolute atomic E-state index is 0.103. The number of carbonyl (C=O) groups is 1. The van der Waals surface area contributed by atoms with E-state index >= 15 is 0 Å². The molecule has 4 rings (SSSR count). The van der Waals surface area contributed by atoms with Gasteiger partial charge in [-0.3, -0.25) is 9.36 Å². The number of ether oxygens (including phenoxy) is 3. The summed E-state index contributed by atoms with van der Waals surface area (Å²) in [5, 5.41) is 0. The lowest BCUT2D eigenvalue weighted by molar-refractivity contribution is -0.139. The van der Waals surface area contributed by atoms with Gasteiger partial charge < -0.3 is 14.2 Å².